The quantitative estimate of drug-likeness (QED) is 0.399. The zero-order valence-corrected chi connectivity index (χ0v) is 12.1. The van der Waals surface area contributed by atoms with Crippen LogP contribution in [0.5, 0.6) is 0 Å². The van der Waals surface area contributed by atoms with Crippen molar-refractivity contribution in [2.45, 2.75) is 0 Å². The van der Waals surface area contributed by atoms with E-state index in [0.29, 0.717) is 4.71 Å². The first kappa shape index (κ1) is 12.3. The second kappa shape index (κ2) is 4.83. The highest BCUT2D eigenvalue weighted by atomic mass is 32.1. The Bertz CT molecular complexity index is 1010. The molecule has 1 nitrogen and oxygen atoms in total. The van der Waals surface area contributed by atoms with Gasteiger partial charge in [0.25, 0.3) is 0 Å². The molecule has 0 aliphatic heterocycles. The van der Waals surface area contributed by atoms with Gasteiger partial charge in [0.1, 0.15) is 5.76 Å². The van der Waals surface area contributed by atoms with Gasteiger partial charge in [0.2, 0.25) is 0 Å². The smallest absolute Gasteiger partial charge is 0.198 e. The molecule has 0 atom stereocenters. The molecule has 0 bridgehead atoms. The molecule has 0 aliphatic carbocycles. The van der Waals surface area contributed by atoms with Gasteiger partial charge in [0.15, 0.2) is 4.71 Å². The molecule has 21 heavy (non-hydrogen) atoms. The van der Waals surface area contributed by atoms with Gasteiger partial charge in [0, 0.05) is 10.9 Å². The van der Waals surface area contributed by atoms with Crippen molar-refractivity contribution in [3.63, 3.8) is 0 Å². The van der Waals surface area contributed by atoms with Crippen LogP contribution in [0.25, 0.3) is 32.9 Å². The lowest BCUT2D eigenvalue weighted by molar-refractivity contribution is 0.558. The van der Waals surface area contributed by atoms with Gasteiger partial charge in [0.05, 0.1) is 0 Å². The molecule has 0 N–H and O–H groups in total. The molecule has 0 radical (unpaired) electrons. The average molecular weight is 288 g/mol. The van der Waals surface area contributed by atoms with E-state index in [4.69, 9.17) is 16.6 Å². The fraction of sp³-hybridized carbons (Fsp3) is 0. The maximum atomic E-state index is 5.90. The van der Waals surface area contributed by atoms with E-state index < -0.39 is 0 Å². The molecular formula is C19H12OS. The molecule has 3 aromatic carbocycles. The Morgan fingerprint density at radius 3 is 2.19 bits per heavy atom. The Morgan fingerprint density at radius 1 is 0.667 bits per heavy atom. The van der Waals surface area contributed by atoms with Gasteiger partial charge in [-0.1, -0.05) is 60.7 Å². The summed E-state index contributed by atoms with van der Waals surface area (Å²) >= 11 is 5.40. The zero-order chi connectivity index (χ0) is 14.2. The molecule has 1 aromatic heterocycles. The van der Waals surface area contributed by atoms with Gasteiger partial charge in [-0.25, -0.2) is 0 Å². The maximum absolute atomic E-state index is 5.90. The Morgan fingerprint density at radius 2 is 1.33 bits per heavy atom. The van der Waals surface area contributed by atoms with Crippen molar-refractivity contribution in [1.29, 1.82) is 0 Å². The van der Waals surface area contributed by atoms with Gasteiger partial charge in [-0.2, -0.15) is 0 Å². The molecule has 1 heterocycles. The van der Waals surface area contributed by atoms with E-state index in [9.17, 15) is 0 Å². The predicted molar refractivity (Wildman–Crippen MR) is 90.0 cm³/mol. The van der Waals surface area contributed by atoms with Gasteiger partial charge < -0.3 is 4.42 Å². The van der Waals surface area contributed by atoms with Crippen LogP contribution in [0, 0.1) is 4.71 Å². The summed E-state index contributed by atoms with van der Waals surface area (Å²) in [5, 5.41) is 4.46. The number of fused-ring (bicyclic) bond motifs is 2. The van der Waals surface area contributed by atoms with E-state index in [2.05, 4.69) is 36.4 Å². The average Bonchev–Trinajstić information content (AvgIpc) is 2.54. The molecule has 0 fully saturated rings. The maximum Gasteiger partial charge on any atom is 0.198 e. The van der Waals surface area contributed by atoms with E-state index in [1.165, 1.54) is 10.8 Å². The van der Waals surface area contributed by atoms with Crippen LogP contribution in [0.4, 0.5) is 0 Å². The van der Waals surface area contributed by atoms with Crippen molar-refractivity contribution in [2.75, 3.05) is 0 Å². The summed E-state index contributed by atoms with van der Waals surface area (Å²) in [4.78, 5) is 0. The lowest BCUT2D eigenvalue weighted by Gasteiger charge is -2.07. The van der Waals surface area contributed by atoms with E-state index in [0.717, 1.165) is 22.1 Å². The van der Waals surface area contributed by atoms with Crippen LogP contribution in [-0.2, 0) is 0 Å². The molecule has 4 aromatic rings. The number of hydrogen-bond acceptors (Lipinski definition) is 2. The van der Waals surface area contributed by atoms with Crippen LogP contribution >= 0.6 is 12.2 Å². The van der Waals surface area contributed by atoms with Crippen LogP contribution in [-0.4, -0.2) is 0 Å². The normalized spacial score (nSPS) is 11.0. The van der Waals surface area contributed by atoms with Crippen molar-refractivity contribution in [2.24, 2.45) is 0 Å². The molecule has 0 amide bonds. The highest BCUT2D eigenvalue weighted by molar-refractivity contribution is 7.71. The number of benzene rings is 3. The monoisotopic (exact) mass is 288 g/mol. The molecule has 0 unspecified atom stereocenters. The van der Waals surface area contributed by atoms with E-state index in [-0.39, 0.29) is 0 Å². The summed E-state index contributed by atoms with van der Waals surface area (Å²) in [5.74, 6) is 0.815. The first-order valence-corrected chi connectivity index (χ1v) is 7.25. The van der Waals surface area contributed by atoms with Crippen molar-refractivity contribution in [3.05, 3.63) is 77.5 Å². The van der Waals surface area contributed by atoms with Crippen LogP contribution in [0.2, 0.25) is 0 Å². The van der Waals surface area contributed by atoms with Crippen LogP contribution in [0.1, 0.15) is 0 Å². The standard InChI is InChI=1S/C19H12OS/c21-19-16-10-4-2-7-14(16)12-18(20-19)17-11-5-8-13-6-1-3-9-15(13)17/h1-12H. The van der Waals surface area contributed by atoms with Crippen LogP contribution < -0.4 is 0 Å². The summed E-state index contributed by atoms with van der Waals surface area (Å²) in [6.07, 6.45) is 0. The second-order valence-electron chi connectivity index (χ2n) is 5.01. The third-order valence-electron chi connectivity index (χ3n) is 3.73. The molecule has 100 valence electrons. The third-order valence-corrected chi connectivity index (χ3v) is 4.03. The number of rotatable bonds is 1. The van der Waals surface area contributed by atoms with E-state index in [1.54, 1.807) is 0 Å². The fourth-order valence-electron chi connectivity index (χ4n) is 2.71. The van der Waals surface area contributed by atoms with Crippen molar-refractivity contribution in [1.82, 2.24) is 0 Å². The third kappa shape index (κ3) is 2.05. The topological polar surface area (TPSA) is 13.1 Å². The Balaban J connectivity index is 2.07. The van der Waals surface area contributed by atoms with Gasteiger partial charge in [-0.3, -0.25) is 0 Å². The highest BCUT2D eigenvalue weighted by Gasteiger charge is 2.07. The SMILES string of the molecule is S=c1oc(-c2cccc3ccccc23)cc2ccccc12. The first-order chi connectivity index (χ1) is 10.3. The Kier molecular flexibility index (Phi) is 2.83. The Labute approximate surface area is 127 Å². The first-order valence-electron chi connectivity index (χ1n) is 6.84. The molecule has 0 saturated heterocycles. The minimum Gasteiger partial charge on any atom is -0.445 e. The van der Waals surface area contributed by atoms with Crippen molar-refractivity contribution >= 4 is 33.8 Å². The summed E-state index contributed by atoms with van der Waals surface area (Å²) in [6.45, 7) is 0. The highest BCUT2D eigenvalue weighted by Crippen LogP contribution is 2.31. The van der Waals surface area contributed by atoms with E-state index in [1.807, 2.05) is 36.4 Å². The predicted octanol–water partition coefficient (Wildman–Crippen LogP) is 5.98. The largest absolute Gasteiger partial charge is 0.445 e. The van der Waals surface area contributed by atoms with Crippen LogP contribution in [0.15, 0.2) is 77.2 Å². The van der Waals surface area contributed by atoms with E-state index >= 15 is 0 Å². The molecule has 0 saturated carbocycles. The summed E-state index contributed by atoms with van der Waals surface area (Å²) in [6, 6.07) is 24.6. The van der Waals surface area contributed by atoms with Crippen molar-refractivity contribution < 1.29 is 4.42 Å². The van der Waals surface area contributed by atoms with Crippen molar-refractivity contribution in [3.8, 4) is 11.3 Å². The van der Waals surface area contributed by atoms with Crippen LogP contribution in [0.3, 0.4) is 0 Å². The molecule has 2 heteroatoms. The summed E-state index contributed by atoms with van der Waals surface area (Å²) in [5.41, 5.74) is 1.07. The summed E-state index contributed by atoms with van der Waals surface area (Å²) in [7, 11) is 0. The number of hydrogen-bond donors (Lipinski definition) is 0. The zero-order valence-electron chi connectivity index (χ0n) is 11.2. The molecule has 4 rings (SSSR count). The lowest BCUT2D eigenvalue weighted by atomic mass is 10.0. The minimum atomic E-state index is 0.538. The minimum absolute atomic E-state index is 0.538. The lowest BCUT2D eigenvalue weighted by Crippen LogP contribution is -1.83. The van der Waals surface area contributed by atoms with Gasteiger partial charge in [-0.05, 0) is 40.5 Å². The molecule has 0 spiro atoms. The van der Waals surface area contributed by atoms with Gasteiger partial charge >= 0.3 is 0 Å². The summed E-state index contributed by atoms with van der Waals surface area (Å²) < 4.78 is 6.44. The van der Waals surface area contributed by atoms with Gasteiger partial charge in [-0.15, -0.1) is 0 Å². The second-order valence-corrected chi connectivity index (χ2v) is 5.38. The molecular weight excluding hydrogens is 276 g/mol. The fourth-order valence-corrected chi connectivity index (χ4v) is 2.98. The molecule has 0 aliphatic rings. The Hall–Kier alpha value is -2.45.